The first-order valence-corrected chi connectivity index (χ1v) is 18.8. The van der Waals surface area contributed by atoms with Gasteiger partial charge in [0.25, 0.3) is 13.4 Å². The van der Waals surface area contributed by atoms with E-state index < -0.39 is 0 Å². The van der Waals surface area contributed by atoms with Crippen molar-refractivity contribution in [3.05, 3.63) is 176 Å². The van der Waals surface area contributed by atoms with Gasteiger partial charge in [0.15, 0.2) is 0 Å². The Labute approximate surface area is 313 Å². The van der Waals surface area contributed by atoms with Crippen molar-refractivity contribution in [2.45, 2.75) is 0 Å². The second kappa shape index (κ2) is 10.4. The molecule has 0 amide bonds. The number of aromatic nitrogens is 1. The summed E-state index contributed by atoms with van der Waals surface area (Å²) in [6, 6.07) is 64.4. The lowest BCUT2D eigenvalue weighted by Crippen LogP contribution is -2.64. The summed E-state index contributed by atoms with van der Waals surface area (Å²) >= 11 is 0. The second-order valence-electron chi connectivity index (χ2n) is 14.8. The van der Waals surface area contributed by atoms with Crippen LogP contribution in [0.3, 0.4) is 0 Å². The van der Waals surface area contributed by atoms with Crippen molar-refractivity contribution >= 4 is 102 Å². The molecule has 0 N–H and O–H groups in total. The number of para-hydroxylation sites is 5. The standard InChI is InChI=1S/C48H29B2N3O/c1-3-14-30(15-4-1)51-39-23-10-8-20-34(39)49-37-28-36-43(29-45(37)54-44-27-13-26-42(51)47(44)49)52(31-16-5-2-6-17-31)40-24-12-25-41-46(40)50(36)35-21-11-19-33-32-18-7-9-22-38(32)53(41)48(33)35/h1-29H. The number of nitrogens with zero attached hydrogens (tertiary/aromatic N) is 3. The van der Waals surface area contributed by atoms with Crippen LogP contribution in [0.25, 0.3) is 27.5 Å². The fourth-order valence-electron chi connectivity index (χ4n) is 10.2. The third-order valence-electron chi connectivity index (χ3n) is 12.2. The maximum absolute atomic E-state index is 7.06. The summed E-state index contributed by atoms with van der Waals surface area (Å²) in [5.41, 5.74) is 18.5. The molecule has 8 aromatic carbocycles. The van der Waals surface area contributed by atoms with Gasteiger partial charge >= 0.3 is 0 Å². The van der Waals surface area contributed by atoms with Crippen molar-refractivity contribution in [3.63, 3.8) is 0 Å². The minimum atomic E-state index is 0.00839. The highest BCUT2D eigenvalue weighted by Gasteiger charge is 2.46. The van der Waals surface area contributed by atoms with Gasteiger partial charge in [0.1, 0.15) is 11.5 Å². The van der Waals surface area contributed by atoms with Gasteiger partial charge in [-0.3, -0.25) is 0 Å². The number of rotatable bonds is 2. The number of ether oxygens (including phenoxy) is 1. The summed E-state index contributed by atoms with van der Waals surface area (Å²) in [6.45, 7) is 0.0438. The Kier molecular flexibility index (Phi) is 5.50. The van der Waals surface area contributed by atoms with E-state index in [0.717, 1.165) is 34.2 Å². The molecule has 0 atom stereocenters. The number of hydrogen-bond acceptors (Lipinski definition) is 3. The zero-order chi connectivity index (χ0) is 35.1. The van der Waals surface area contributed by atoms with Crippen molar-refractivity contribution in [1.29, 1.82) is 0 Å². The maximum atomic E-state index is 7.06. The van der Waals surface area contributed by atoms with Crippen LogP contribution in [0.1, 0.15) is 0 Å². The van der Waals surface area contributed by atoms with E-state index in [1.54, 1.807) is 0 Å². The van der Waals surface area contributed by atoms with E-state index in [1.165, 1.54) is 71.6 Å². The van der Waals surface area contributed by atoms with Crippen LogP contribution in [0.4, 0.5) is 34.1 Å². The van der Waals surface area contributed by atoms with Crippen LogP contribution in [-0.2, 0) is 0 Å². The molecular formula is C48H29B2N3O. The first-order chi connectivity index (χ1) is 26.8. The van der Waals surface area contributed by atoms with Gasteiger partial charge in [0, 0.05) is 62.2 Å². The molecule has 0 spiro atoms. The molecule has 0 bridgehead atoms. The Bertz CT molecular complexity index is 3070. The Morgan fingerprint density at radius 3 is 1.80 bits per heavy atom. The molecule has 9 aromatic rings. The van der Waals surface area contributed by atoms with E-state index in [1.807, 2.05) is 0 Å². The fourth-order valence-corrected chi connectivity index (χ4v) is 10.2. The predicted octanol–water partition coefficient (Wildman–Crippen LogP) is 7.80. The highest BCUT2D eigenvalue weighted by Crippen LogP contribution is 2.44. The lowest BCUT2D eigenvalue weighted by Gasteiger charge is -2.43. The van der Waals surface area contributed by atoms with Crippen LogP contribution < -0.4 is 47.3 Å². The van der Waals surface area contributed by atoms with Crippen LogP contribution in [0.2, 0.25) is 0 Å². The molecule has 54 heavy (non-hydrogen) atoms. The second-order valence-corrected chi connectivity index (χ2v) is 14.8. The first-order valence-electron chi connectivity index (χ1n) is 18.8. The quantitative estimate of drug-likeness (QED) is 0.173. The minimum absolute atomic E-state index is 0.00839. The molecule has 248 valence electrons. The molecular weight excluding hydrogens is 656 g/mol. The Hall–Kier alpha value is -6.91. The summed E-state index contributed by atoms with van der Waals surface area (Å²) < 4.78 is 9.58. The fraction of sp³-hybridized carbons (Fsp3) is 0. The monoisotopic (exact) mass is 685 g/mol. The highest BCUT2D eigenvalue weighted by molar-refractivity contribution is 7.02. The largest absolute Gasteiger partial charge is 0.458 e. The Morgan fingerprint density at radius 1 is 0.370 bits per heavy atom. The summed E-state index contributed by atoms with van der Waals surface area (Å²) in [7, 11) is 0. The molecule has 0 saturated heterocycles. The van der Waals surface area contributed by atoms with Crippen molar-refractivity contribution < 1.29 is 4.74 Å². The van der Waals surface area contributed by atoms with E-state index in [9.17, 15) is 0 Å². The Morgan fingerprint density at radius 2 is 0.963 bits per heavy atom. The van der Waals surface area contributed by atoms with Crippen molar-refractivity contribution in [2.24, 2.45) is 0 Å². The molecule has 4 aliphatic rings. The van der Waals surface area contributed by atoms with Crippen LogP contribution in [0.15, 0.2) is 176 Å². The van der Waals surface area contributed by atoms with Gasteiger partial charge in [-0.25, -0.2) is 0 Å². The van der Waals surface area contributed by atoms with Crippen LogP contribution in [0.5, 0.6) is 11.5 Å². The third-order valence-corrected chi connectivity index (χ3v) is 12.2. The molecule has 5 heterocycles. The average molecular weight is 685 g/mol. The van der Waals surface area contributed by atoms with Crippen LogP contribution >= 0.6 is 0 Å². The topological polar surface area (TPSA) is 20.6 Å². The lowest BCUT2D eigenvalue weighted by molar-refractivity contribution is 0.488. The van der Waals surface area contributed by atoms with Crippen molar-refractivity contribution in [3.8, 4) is 17.2 Å². The molecule has 0 aliphatic carbocycles. The van der Waals surface area contributed by atoms with E-state index in [0.29, 0.717) is 0 Å². The van der Waals surface area contributed by atoms with E-state index in [4.69, 9.17) is 4.74 Å². The molecule has 6 heteroatoms. The average Bonchev–Trinajstić information content (AvgIpc) is 3.57. The number of fused-ring (bicyclic) bond motifs is 11. The first kappa shape index (κ1) is 28.6. The van der Waals surface area contributed by atoms with Crippen LogP contribution in [-0.4, -0.2) is 18.0 Å². The van der Waals surface area contributed by atoms with Gasteiger partial charge in [-0.05, 0) is 93.4 Å². The van der Waals surface area contributed by atoms with E-state index >= 15 is 0 Å². The number of hydrogen-bond donors (Lipinski definition) is 0. The summed E-state index contributed by atoms with van der Waals surface area (Å²) in [5, 5.41) is 2.59. The minimum Gasteiger partial charge on any atom is -0.458 e. The third kappa shape index (κ3) is 3.55. The summed E-state index contributed by atoms with van der Waals surface area (Å²) in [6.07, 6.45) is 0. The molecule has 0 saturated carbocycles. The lowest BCUT2D eigenvalue weighted by atomic mass is 9.31. The van der Waals surface area contributed by atoms with Gasteiger partial charge in [-0.15, -0.1) is 0 Å². The molecule has 0 unspecified atom stereocenters. The van der Waals surface area contributed by atoms with Crippen molar-refractivity contribution in [1.82, 2.24) is 4.57 Å². The number of benzene rings is 8. The van der Waals surface area contributed by atoms with Gasteiger partial charge in [-0.2, -0.15) is 0 Å². The van der Waals surface area contributed by atoms with E-state index in [2.05, 4.69) is 190 Å². The molecule has 0 radical (unpaired) electrons. The van der Waals surface area contributed by atoms with Crippen LogP contribution in [0, 0.1) is 0 Å². The SMILES string of the molecule is c1ccc(N2c3ccccc3B3c4cc5c(cc4Oc4cccc2c43)N(c2ccccc2)c2cccc3c2B5c2cccc4c5ccccc5n-3c24)cc1. The molecule has 1 aromatic heterocycles. The zero-order valence-corrected chi connectivity index (χ0v) is 29.1. The summed E-state index contributed by atoms with van der Waals surface area (Å²) in [5.74, 6) is 1.83. The molecule has 4 nitrogen and oxygen atoms in total. The molecule has 0 fully saturated rings. The molecule has 4 aliphatic heterocycles. The normalized spacial score (nSPS) is 13.9. The smallest absolute Gasteiger partial charge is 0.256 e. The molecule has 13 rings (SSSR count). The van der Waals surface area contributed by atoms with E-state index in [-0.39, 0.29) is 13.4 Å². The van der Waals surface area contributed by atoms with Gasteiger partial charge in [-0.1, -0.05) is 109 Å². The van der Waals surface area contributed by atoms with Gasteiger partial charge < -0.3 is 19.1 Å². The van der Waals surface area contributed by atoms with Gasteiger partial charge in [0.05, 0.1) is 5.52 Å². The maximum Gasteiger partial charge on any atom is 0.256 e. The number of anilines is 6. The zero-order valence-electron chi connectivity index (χ0n) is 29.1. The van der Waals surface area contributed by atoms with Gasteiger partial charge in [0.2, 0.25) is 0 Å². The summed E-state index contributed by atoms with van der Waals surface area (Å²) in [4.78, 5) is 4.86. The Balaban J connectivity index is 1.13. The van der Waals surface area contributed by atoms with Crippen molar-refractivity contribution in [2.75, 3.05) is 9.80 Å². The highest BCUT2D eigenvalue weighted by atomic mass is 16.5. The predicted molar refractivity (Wildman–Crippen MR) is 226 cm³/mol.